The van der Waals surface area contributed by atoms with Crippen LogP contribution in [0.3, 0.4) is 0 Å². The normalized spacial score (nSPS) is 21.2. The van der Waals surface area contributed by atoms with Gasteiger partial charge >= 0.3 is 0 Å². The molecule has 1 saturated heterocycles. The predicted octanol–water partition coefficient (Wildman–Crippen LogP) is 5.49. The van der Waals surface area contributed by atoms with Crippen LogP contribution in [0.5, 0.6) is 0 Å². The van der Waals surface area contributed by atoms with E-state index in [0.717, 1.165) is 36.7 Å². The zero-order chi connectivity index (χ0) is 30.0. The Labute approximate surface area is 254 Å². The maximum absolute atomic E-state index is 14.4. The van der Waals surface area contributed by atoms with Gasteiger partial charge in [-0.25, -0.2) is 5.01 Å². The Morgan fingerprint density at radius 3 is 1.70 bits per heavy atom. The topological polar surface area (TPSA) is 118 Å². The van der Waals surface area contributed by atoms with E-state index in [9.17, 15) is 29.3 Å². The van der Waals surface area contributed by atoms with Crippen LogP contribution in [0, 0.1) is 22.0 Å². The smallest absolute Gasteiger partial charge is 0.282 e. The number of ketones is 1. The number of hydrazine groups is 1. The number of hydrogen-bond acceptors (Lipinski definition) is 6. The molecule has 0 radical (unpaired) electrons. The minimum absolute atomic E-state index is 0.250. The molecular formula is C33H22BrN3O6. The first-order valence-corrected chi connectivity index (χ1v) is 14.5. The monoisotopic (exact) mass is 635 g/mol. The minimum Gasteiger partial charge on any atom is -0.292 e. The summed E-state index contributed by atoms with van der Waals surface area (Å²) in [5, 5.41) is 13.4. The fourth-order valence-corrected chi connectivity index (χ4v) is 7.21. The third kappa shape index (κ3) is 4.04. The van der Waals surface area contributed by atoms with E-state index >= 15 is 0 Å². The van der Waals surface area contributed by atoms with E-state index in [1.807, 2.05) is 48.5 Å². The Balaban J connectivity index is 1.35. The highest BCUT2D eigenvalue weighted by molar-refractivity contribution is 9.10. The summed E-state index contributed by atoms with van der Waals surface area (Å²) in [6.07, 6.45) is 0. The van der Waals surface area contributed by atoms with Crippen LogP contribution in [0.1, 0.15) is 54.8 Å². The first-order chi connectivity index (χ1) is 20.8. The molecule has 0 unspecified atom stereocenters. The number of benzene rings is 4. The Morgan fingerprint density at radius 2 is 1.21 bits per heavy atom. The van der Waals surface area contributed by atoms with Crippen LogP contribution >= 0.6 is 15.9 Å². The number of carbonyl (C=O) groups is 4. The van der Waals surface area contributed by atoms with Gasteiger partial charge in [-0.15, -0.1) is 0 Å². The molecule has 4 aromatic carbocycles. The molecule has 0 aromatic heterocycles. The van der Waals surface area contributed by atoms with Crippen molar-refractivity contribution in [1.82, 2.24) is 10.0 Å². The number of imide groups is 1. The second-order valence-corrected chi connectivity index (χ2v) is 11.7. The van der Waals surface area contributed by atoms with Crippen LogP contribution in [0.15, 0.2) is 102 Å². The SMILES string of the molecule is O=C(CN(C(=O)c1ccccc1[N+](=O)[O-])N1C(=O)[C@@H]2C3c4ccccc4C(c4ccccc43)[C@H]2C1=O)c1ccc(Br)cc1. The van der Waals surface area contributed by atoms with Gasteiger partial charge in [0.15, 0.2) is 5.78 Å². The average Bonchev–Trinajstić information content (AvgIpc) is 3.29. The molecule has 2 atom stereocenters. The molecule has 2 bridgehead atoms. The van der Waals surface area contributed by atoms with E-state index in [1.165, 1.54) is 24.3 Å². The molecule has 212 valence electrons. The molecule has 1 aliphatic heterocycles. The fraction of sp³-hybridized carbons (Fsp3) is 0.152. The number of carbonyl (C=O) groups excluding carboxylic acids is 4. The van der Waals surface area contributed by atoms with Crippen LogP contribution in [0.25, 0.3) is 0 Å². The summed E-state index contributed by atoms with van der Waals surface area (Å²) >= 11 is 3.33. The van der Waals surface area contributed by atoms with Crippen molar-refractivity contribution in [2.75, 3.05) is 6.54 Å². The standard InChI is InChI=1S/C33H22BrN3O6/c34-19-15-13-18(14-16-19)26(38)17-35(31(39)24-11-5-6-12-25(24)37(42)43)36-32(40)29-27-20-7-1-2-8-21(20)28(30(29)33(36)41)23-10-4-3-9-22(23)27/h1-16,27-30H,17H2/t27?,28?,29-,30-/m1/s1. The number of hydrogen-bond donors (Lipinski definition) is 0. The van der Waals surface area contributed by atoms with E-state index in [1.54, 1.807) is 24.3 Å². The van der Waals surface area contributed by atoms with Gasteiger partial charge in [-0.05, 0) is 40.5 Å². The number of nitrogens with zero attached hydrogens (tertiary/aromatic N) is 3. The molecule has 43 heavy (non-hydrogen) atoms. The summed E-state index contributed by atoms with van der Waals surface area (Å²) in [6, 6.07) is 27.2. The minimum atomic E-state index is -0.986. The molecule has 0 spiro atoms. The van der Waals surface area contributed by atoms with Gasteiger partial charge in [-0.1, -0.05) is 88.7 Å². The molecule has 8 rings (SSSR count). The van der Waals surface area contributed by atoms with E-state index in [2.05, 4.69) is 15.9 Å². The summed E-state index contributed by atoms with van der Waals surface area (Å²) < 4.78 is 0.737. The molecule has 3 aliphatic carbocycles. The summed E-state index contributed by atoms with van der Waals surface area (Å²) in [6.45, 7) is -0.668. The molecule has 10 heteroatoms. The largest absolute Gasteiger partial charge is 0.292 e. The van der Waals surface area contributed by atoms with E-state index in [4.69, 9.17) is 0 Å². The van der Waals surface area contributed by atoms with Gasteiger partial charge in [0.05, 0.1) is 16.8 Å². The number of rotatable bonds is 6. The summed E-state index contributed by atoms with van der Waals surface area (Å²) in [7, 11) is 0. The number of amides is 3. The molecule has 3 amide bonds. The Morgan fingerprint density at radius 1 is 0.744 bits per heavy atom. The van der Waals surface area contributed by atoms with E-state index in [0.29, 0.717) is 0 Å². The number of halogens is 1. The summed E-state index contributed by atoms with van der Waals surface area (Å²) in [5.74, 6) is -5.18. The van der Waals surface area contributed by atoms with Gasteiger partial charge in [0.2, 0.25) is 0 Å². The van der Waals surface area contributed by atoms with Crippen molar-refractivity contribution in [2.45, 2.75) is 11.8 Å². The van der Waals surface area contributed by atoms with Crippen LogP contribution < -0.4 is 0 Å². The van der Waals surface area contributed by atoms with Crippen molar-refractivity contribution < 1.29 is 24.1 Å². The van der Waals surface area contributed by atoms with Gasteiger partial charge in [0.25, 0.3) is 23.4 Å². The molecule has 1 heterocycles. The van der Waals surface area contributed by atoms with Crippen molar-refractivity contribution in [2.24, 2.45) is 11.8 Å². The van der Waals surface area contributed by atoms with Gasteiger partial charge in [-0.2, -0.15) is 5.01 Å². The molecule has 1 fully saturated rings. The quantitative estimate of drug-likeness (QED) is 0.120. The van der Waals surface area contributed by atoms with Crippen LogP contribution in [-0.4, -0.2) is 45.0 Å². The lowest BCUT2D eigenvalue weighted by Crippen LogP contribution is -2.52. The molecule has 0 N–H and O–H groups in total. The lowest BCUT2D eigenvalue weighted by molar-refractivity contribution is -0.385. The third-order valence-corrected chi connectivity index (χ3v) is 9.22. The maximum atomic E-state index is 14.4. The second kappa shape index (κ2) is 10.1. The lowest BCUT2D eigenvalue weighted by Gasteiger charge is -2.45. The Bertz CT molecular complexity index is 1760. The molecule has 4 aliphatic rings. The molecular weight excluding hydrogens is 614 g/mol. The number of nitro benzene ring substituents is 1. The second-order valence-electron chi connectivity index (χ2n) is 10.8. The van der Waals surface area contributed by atoms with Crippen molar-refractivity contribution in [3.8, 4) is 0 Å². The zero-order valence-corrected chi connectivity index (χ0v) is 24.0. The van der Waals surface area contributed by atoms with Crippen LogP contribution in [-0.2, 0) is 9.59 Å². The zero-order valence-electron chi connectivity index (χ0n) is 22.4. The molecule has 9 nitrogen and oxygen atoms in total. The highest BCUT2D eigenvalue weighted by Crippen LogP contribution is 2.61. The van der Waals surface area contributed by atoms with Gasteiger partial charge in [0.1, 0.15) is 12.1 Å². The van der Waals surface area contributed by atoms with Crippen molar-refractivity contribution in [1.29, 1.82) is 0 Å². The van der Waals surface area contributed by atoms with Gasteiger partial charge in [0, 0.05) is 27.9 Å². The van der Waals surface area contributed by atoms with Crippen LogP contribution in [0.4, 0.5) is 5.69 Å². The summed E-state index contributed by atoms with van der Waals surface area (Å²) in [4.78, 5) is 67.5. The summed E-state index contributed by atoms with van der Waals surface area (Å²) in [5.41, 5.74) is 3.25. The lowest BCUT2D eigenvalue weighted by atomic mass is 9.55. The number of Topliss-reactive ketones (excluding diaryl/α,β-unsaturated/α-hetero) is 1. The number of nitro groups is 1. The first-order valence-electron chi connectivity index (χ1n) is 13.7. The Kier molecular flexibility index (Phi) is 6.32. The van der Waals surface area contributed by atoms with Crippen molar-refractivity contribution in [3.63, 3.8) is 0 Å². The van der Waals surface area contributed by atoms with Crippen molar-refractivity contribution >= 4 is 45.1 Å². The maximum Gasteiger partial charge on any atom is 0.282 e. The number of para-hydroxylation sites is 1. The first kappa shape index (κ1) is 26.9. The highest BCUT2D eigenvalue weighted by Gasteiger charge is 2.63. The van der Waals surface area contributed by atoms with E-state index < -0.39 is 64.3 Å². The van der Waals surface area contributed by atoms with Gasteiger partial charge < -0.3 is 0 Å². The third-order valence-electron chi connectivity index (χ3n) is 8.69. The fourth-order valence-electron chi connectivity index (χ4n) is 6.95. The van der Waals surface area contributed by atoms with E-state index in [-0.39, 0.29) is 11.1 Å². The molecule has 4 aromatic rings. The highest BCUT2D eigenvalue weighted by atomic mass is 79.9. The average molecular weight is 636 g/mol. The van der Waals surface area contributed by atoms with Crippen molar-refractivity contribution in [3.05, 3.63) is 145 Å². The molecule has 0 saturated carbocycles. The van der Waals surface area contributed by atoms with Gasteiger partial charge in [-0.3, -0.25) is 29.3 Å². The predicted molar refractivity (Wildman–Crippen MR) is 158 cm³/mol. The van der Waals surface area contributed by atoms with Crippen LogP contribution in [0.2, 0.25) is 0 Å². The Hall–Kier alpha value is -4.96.